The van der Waals surface area contributed by atoms with Crippen LogP contribution in [-0.4, -0.2) is 24.0 Å². The molecule has 0 heterocycles. The largest absolute Gasteiger partial charge is 0.246 e. The molecule has 5 heteroatoms. The lowest BCUT2D eigenvalue weighted by Gasteiger charge is -2.14. The van der Waals surface area contributed by atoms with Crippen molar-refractivity contribution in [1.29, 1.82) is 0 Å². The summed E-state index contributed by atoms with van der Waals surface area (Å²) in [5, 5.41) is 0. The van der Waals surface area contributed by atoms with E-state index < -0.39 is 9.34 Å². The second-order valence-electron chi connectivity index (χ2n) is 1.90. The molecule has 0 aliphatic rings. The van der Waals surface area contributed by atoms with Crippen LogP contribution in [0.3, 0.4) is 0 Å². The maximum absolute atomic E-state index is 10.5. The molecule has 0 atom stereocenters. The topological polar surface area (TPSA) is 29.3 Å². The SMILES string of the molecule is CC[N+](=O)OS(C)(C)S. The van der Waals surface area contributed by atoms with Gasteiger partial charge >= 0.3 is 0 Å². The maximum Gasteiger partial charge on any atom is 0.246 e. The van der Waals surface area contributed by atoms with Gasteiger partial charge in [0.2, 0.25) is 11.5 Å². The van der Waals surface area contributed by atoms with Crippen molar-refractivity contribution in [3.05, 3.63) is 4.91 Å². The van der Waals surface area contributed by atoms with Crippen molar-refractivity contribution < 1.29 is 9.21 Å². The summed E-state index contributed by atoms with van der Waals surface area (Å²) in [5.74, 6) is 0. The average Bonchev–Trinajstić information content (AvgIpc) is 1.62. The van der Waals surface area contributed by atoms with Crippen LogP contribution in [-0.2, 0) is 4.28 Å². The minimum atomic E-state index is -1.43. The third kappa shape index (κ3) is 5.98. The van der Waals surface area contributed by atoms with Gasteiger partial charge in [-0.3, -0.25) is 0 Å². The molecule has 0 saturated heterocycles. The Bertz CT molecular complexity index is 110. The summed E-state index contributed by atoms with van der Waals surface area (Å²) in [6.45, 7) is 2.07. The molecule has 56 valence electrons. The first-order chi connectivity index (χ1) is 3.95. The summed E-state index contributed by atoms with van der Waals surface area (Å²) < 4.78 is 4.81. The highest BCUT2D eigenvalue weighted by Crippen LogP contribution is 2.45. The molecule has 0 aliphatic carbocycles. The third-order valence-electron chi connectivity index (χ3n) is 0.524. The zero-order valence-electron chi connectivity index (χ0n) is 5.83. The van der Waals surface area contributed by atoms with Crippen LogP contribution in [0.5, 0.6) is 0 Å². The van der Waals surface area contributed by atoms with Crippen LogP contribution in [0, 0.1) is 4.91 Å². The predicted molar refractivity (Wildman–Crippen MR) is 43.7 cm³/mol. The standard InChI is InChI=1S/C4H11NO2S2/c1-4-5(6)7-9(2,3)8/h4H2,1-3H3/p+1. The van der Waals surface area contributed by atoms with Crippen molar-refractivity contribution in [1.82, 2.24) is 0 Å². The molecule has 0 aliphatic heterocycles. The zero-order valence-corrected chi connectivity index (χ0v) is 7.54. The summed E-state index contributed by atoms with van der Waals surface area (Å²) in [7, 11) is -1.43. The second kappa shape index (κ2) is 3.31. The van der Waals surface area contributed by atoms with Crippen LogP contribution in [0.4, 0.5) is 0 Å². The van der Waals surface area contributed by atoms with E-state index in [4.69, 9.17) is 4.28 Å². The molecule has 0 rings (SSSR count). The minimum Gasteiger partial charge on any atom is -0.168 e. The van der Waals surface area contributed by atoms with E-state index in [2.05, 4.69) is 11.7 Å². The van der Waals surface area contributed by atoms with Gasteiger partial charge in [0.05, 0.1) is 4.91 Å². The average molecular weight is 170 g/mol. The monoisotopic (exact) mass is 170 g/mol. The maximum atomic E-state index is 10.5. The Balaban J connectivity index is 3.60. The number of thiol groups is 1. The molecule has 0 radical (unpaired) electrons. The van der Waals surface area contributed by atoms with Gasteiger partial charge in [0.1, 0.15) is 0 Å². The minimum absolute atomic E-state index is 0.344. The predicted octanol–water partition coefficient (Wildman–Crippen LogP) is 1.54. The Morgan fingerprint density at radius 1 is 1.67 bits per heavy atom. The fourth-order valence-electron chi connectivity index (χ4n) is 0.256. The Kier molecular flexibility index (Phi) is 3.35. The van der Waals surface area contributed by atoms with Crippen LogP contribution >= 0.6 is 21.0 Å². The fourth-order valence-corrected chi connectivity index (χ4v) is 0.992. The molecule has 0 unspecified atom stereocenters. The highest BCUT2D eigenvalue weighted by Gasteiger charge is 2.16. The Hall–Kier alpha value is 0.1000. The highest BCUT2D eigenvalue weighted by molar-refractivity contribution is 8.85. The number of rotatable bonds is 3. The normalized spacial score (nSPS) is 12.9. The number of hydrogen-bond acceptors (Lipinski definition) is 3. The van der Waals surface area contributed by atoms with Gasteiger partial charge in [-0.05, 0) is 0 Å². The van der Waals surface area contributed by atoms with Crippen molar-refractivity contribution in [3.8, 4) is 0 Å². The van der Waals surface area contributed by atoms with Gasteiger partial charge in [-0.2, -0.15) is 4.28 Å². The van der Waals surface area contributed by atoms with E-state index >= 15 is 0 Å². The molecule has 0 aromatic carbocycles. The molecule has 0 amide bonds. The highest BCUT2D eigenvalue weighted by atomic mass is 33.1. The lowest BCUT2D eigenvalue weighted by Crippen LogP contribution is -2.08. The van der Waals surface area contributed by atoms with Crippen molar-refractivity contribution in [2.24, 2.45) is 0 Å². The Morgan fingerprint density at radius 2 is 2.11 bits per heavy atom. The molecule has 0 N–H and O–H groups in total. The van der Waals surface area contributed by atoms with Crippen molar-refractivity contribution >= 4 is 21.0 Å². The lowest BCUT2D eigenvalue weighted by molar-refractivity contribution is -0.757. The third-order valence-corrected chi connectivity index (χ3v) is 1.25. The van der Waals surface area contributed by atoms with Crippen molar-refractivity contribution in [2.45, 2.75) is 6.92 Å². The van der Waals surface area contributed by atoms with Crippen molar-refractivity contribution in [2.75, 3.05) is 19.1 Å². The molecule has 0 spiro atoms. The van der Waals surface area contributed by atoms with E-state index in [1.54, 1.807) is 19.4 Å². The Labute approximate surface area is 61.6 Å². The lowest BCUT2D eigenvalue weighted by atomic mass is 10.8. The van der Waals surface area contributed by atoms with Gasteiger partial charge in [-0.25, -0.2) is 0 Å². The first kappa shape index (κ1) is 9.10. The first-order valence-electron chi connectivity index (χ1n) is 2.55. The summed E-state index contributed by atoms with van der Waals surface area (Å²) in [6, 6.07) is 0. The number of hydrogen-bond donors (Lipinski definition) is 1. The van der Waals surface area contributed by atoms with Gasteiger partial charge in [-0.15, -0.1) is 0 Å². The molecular formula is C4H12NO2S2+. The Morgan fingerprint density at radius 3 is 2.22 bits per heavy atom. The van der Waals surface area contributed by atoms with Crippen LogP contribution in [0.25, 0.3) is 0 Å². The van der Waals surface area contributed by atoms with E-state index in [9.17, 15) is 4.91 Å². The van der Waals surface area contributed by atoms with Crippen LogP contribution in [0.15, 0.2) is 0 Å². The second-order valence-corrected chi connectivity index (χ2v) is 7.05. The molecule has 9 heavy (non-hydrogen) atoms. The van der Waals surface area contributed by atoms with E-state index in [0.29, 0.717) is 11.5 Å². The molecule has 3 nitrogen and oxygen atoms in total. The fraction of sp³-hybridized carbons (Fsp3) is 1.00. The quantitative estimate of drug-likeness (QED) is 0.395. The van der Waals surface area contributed by atoms with Gasteiger partial charge in [0.15, 0.2) is 0 Å². The van der Waals surface area contributed by atoms with E-state index in [1.807, 2.05) is 0 Å². The van der Waals surface area contributed by atoms with Crippen LogP contribution < -0.4 is 0 Å². The molecule has 0 saturated carbocycles. The zero-order chi connectivity index (χ0) is 7.49. The molecule has 0 bridgehead atoms. The number of nitrogens with zero attached hydrogens (tertiary/aromatic N) is 1. The van der Waals surface area contributed by atoms with Gasteiger partial charge < -0.3 is 0 Å². The van der Waals surface area contributed by atoms with E-state index in [-0.39, 0.29) is 0 Å². The summed E-state index contributed by atoms with van der Waals surface area (Å²) in [5.41, 5.74) is 0. The molecule has 0 aromatic heterocycles. The molecular weight excluding hydrogens is 158 g/mol. The van der Waals surface area contributed by atoms with Crippen molar-refractivity contribution in [3.63, 3.8) is 0 Å². The summed E-state index contributed by atoms with van der Waals surface area (Å²) >= 11 is 4.07. The van der Waals surface area contributed by atoms with Crippen LogP contribution in [0.2, 0.25) is 0 Å². The van der Waals surface area contributed by atoms with Gasteiger partial charge in [-0.1, -0.05) is 11.7 Å². The van der Waals surface area contributed by atoms with Gasteiger partial charge in [0, 0.05) is 28.8 Å². The molecule has 0 fully saturated rings. The van der Waals surface area contributed by atoms with E-state index in [1.165, 1.54) is 0 Å². The van der Waals surface area contributed by atoms with Crippen LogP contribution in [0.1, 0.15) is 6.92 Å². The summed E-state index contributed by atoms with van der Waals surface area (Å²) in [4.78, 5) is 11.0. The molecule has 0 aromatic rings. The van der Waals surface area contributed by atoms with E-state index in [0.717, 1.165) is 0 Å². The summed E-state index contributed by atoms with van der Waals surface area (Å²) in [6.07, 6.45) is 3.58. The smallest absolute Gasteiger partial charge is 0.168 e. The first-order valence-corrected chi connectivity index (χ1v) is 5.98. The van der Waals surface area contributed by atoms with Gasteiger partial charge in [0.25, 0.3) is 0 Å².